The van der Waals surface area contributed by atoms with E-state index in [1.165, 1.54) is 43.5 Å². The normalized spacial score (nSPS) is 23.3. The number of methoxy groups -OCH3 is 1. The molecule has 1 saturated heterocycles. The molecule has 0 spiro atoms. The number of esters is 1. The minimum Gasteiger partial charge on any atom is -0.595 e. The van der Waals surface area contributed by atoms with Crippen molar-refractivity contribution < 1.29 is 28.4 Å². The van der Waals surface area contributed by atoms with Crippen molar-refractivity contribution in [1.82, 2.24) is 4.31 Å². The van der Waals surface area contributed by atoms with Crippen LogP contribution in [-0.4, -0.2) is 37.1 Å². The number of carbonyl (C=O) groups is 1. The van der Waals surface area contributed by atoms with Crippen LogP contribution in [0.4, 0.5) is 5.69 Å². The van der Waals surface area contributed by atoms with Crippen LogP contribution in [0.5, 0.6) is 0 Å². The van der Waals surface area contributed by atoms with E-state index in [2.05, 4.69) is 0 Å². The van der Waals surface area contributed by atoms with Gasteiger partial charge in [0.15, 0.2) is 5.69 Å². The van der Waals surface area contributed by atoms with Gasteiger partial charge in [0, 0.05) is 12.1 Å². The number of quaternary nitrogens is 1. The molecule has 138 valence electrons. The molecule has 1 fully saturated rings. The number of aryl methyl sites for hydroxylation is 1. The van der Waals surface area contributed by atoms with Crippen molar-refractivity contribution in [3.8, 4) is 0 Å². The molecule has 0 amide bonds. The molecule has 8 nitrogen and oxygen atoms in total. The van der Waals surface area contributed by atoms with E-state index in [-0.39, 0.29) is 10.6 Å². The van der Waals surface area contributed by atoms with Crippen molar-refractivity contribution >= 4 is 21.7 Å². The summed E-state index contributed by atoms with van der Waals surface area (Å²) in [7, 11) is -2.70. The van der Waals surface area contributed by atoms with Crippen molar-refractivity contribution in [2.24, 2.45) is 0 Å². The monoisotopic (exact) mass is 378 g/mol. The molecule has 4 atom stereocenters. The maximum absolute atomic E-state index is 12.9. The highest BCUT2D eigenvalue weighted by Crippen LogP contribution is 2.48. The van der Waals surface area contributed by atoms with E-state index in [1.54, 1.807) is 12.1 Å². The highest BCUT2D eigenvalue weighted by atomic mass is 32.2. The predicted molar refractivity (Wildman–Crippen MR) is 91.0 cm³/mol. The van der Waals surface area contributed by atoms with Crippen LogP contribution in [0.3, 0.4) is 0 Å². The number of nitrogens with zero attached hydrogens (tertiary/aromatic N) is 1. The third kappa shape index (κ3) is 3.22. The average molecular weight is 378 g/mol. The number of benzene rings is 2. The van der Waals surface area contributed by atoms with Crippen LogP contribution in [0, 0.1) is 12.1 Å². The van der Waals surface area contributed by atoms with Gasteiger partial charge < -0.3 is 9.94 Å². The van der Waals surface area contributed by atoms with Gasteiger partial charge >= 0.3 is 5.97 Å². The summed E-state index contributed by atoms with van der Waals surface area (Å²) >= 11 is 0. The quantitative estimate of drug-likeness (QED) is 0.450. The van der Waals surface area contributed by atoms with E-state index in [0.717, 1.165) is 9.87 Å². The van der Waals surface area contributed by atoms with Gasteiger partial charge in [0.05, 0.1) is 18.0 Å². The maximum Gasteiger partial charge on any atom is 0.326 e. The molecular weight excluding hydrogens is 360 g/mol. The van der Waals surface area contributed by atoms with Crippen molar-refractivity contribution in [3.05, 3.63) is 64.9 Å². The minimum absolute atomic E-state index is 0.0805. The second-order valence-electron chi connectivity index (χ2n) is 5.99. The molecule has 26 heavy (non-hydrogen) atoms. The van der Waals surface area contributed by atoms with Crippen molar-refractivity contribution in [2.75, 3.05) is 7.11 Å². The van der Waals surface area contributed by atoms with E-state index >= 15 is 0 Å². The molecular formula is C17H18N2O6S. The molecule has 1 heterocycles. The van der Waals surface area contributed by atoms with Crippen LogP contribution >= 0.6 is 0 Å². The van der Waals surface area contributed by atoms with E-state index in [9.17, 15) is 18.4 Å². The zero-order valence-electron chi connectivity index (χ0n) is 14.1. The molecule has 2 N–H and O–H groups in total. The third-order valence-corrected chi connectivity index (χ3v) is 6.17. The summed E-state index contributed by atoms with van der Waals surface area (Å²) in [5, 5.41) is 18.9. The lowest BCUT2D eigenvalue weighted by Crippen LogP contribution is -2.99. The van der Waals surface area contributed by atoms with Crippen molar-refractivity contribution in [3.63, 3.8) is 0 Å². The first-order valence-corrected chi connectivity index (χ1v) is 9.22. The summed E-state index contributed by atoms with van der Waals surface area (Å²) in [5.41, 5.74) is 1.53. The van der Waals surface area contributed by atoms with E-state index in [0.29, 0.717) is 5.56 Å². The van der Waals surface area contributed by atoms with Crippen LogP contribution in [0.25, 0.3) is 0 Å². The van der Waals surface area contributed by atoms with Gasteiger partial charge in [0.2, 0.25) is 10.0 Å². The summed E-state index contributed by atoms with van der Waals surface area (Å²) in [6, 6.07) is 10.4. The van der Waals surface area contributed by atoms with Gasteiger partial charge in [-0.15, -0.1) is 0 Å². The zero-order chi connectivity index (χ0) is 19.1. The van der Waals surface area contributed by atoms with Crippen molar-refractivity contribution in [1.29, 1.82) is 0 Å². The van der Waals surface area contributed by atoms with Crippen LogP contribution in [0.1, 0.15) is 17.2 Å². The second kappa shape index (κ2) is 6.78. The fourth-order valence-electron chi connectivity index (χ4n) is 2.85. The number of rotatable bonds is 5. The Kier molecular flexibility index (Phi) is 4.82. The molecule has 2 aromatic rings. The second-order valence-corrected chi connectivity index (χ2v) is 7.83. The summed E-state index contributed by atoms with van der Waals surface area (Å²) < 4.78 is 31.7. The molecule has 0 aromatic heterocycles. The van der Waals surface area contributed by atoms with Crippen molar-refractivity contribution in [2.45, 2.75) is 23.9 Å². The Labute approximate surface area is 150 Å². The number of hydrogen-bond donors (Lipinski definition) is 2. The predicted octanol–water partition coefficient (Wildman–Crippen LogP) is 0.686. The fourth-order valence-corrected chi connectivity index (χ4v) is 4.55. The van der Waals surface area contributed by atoms with Crippen LogP contribution in [-0.2, 0) is 19.6 Å². The average Bonchev–Trinajstić information content (AvgIpc) is 3.38. The number of sulfonamides is 1. The molecule has 2 aromatic carbocycles. The first-order valence-electron chi connectivity index (χ1n) is 7.78. The van der Waals surface area contributed by atoms with Crippen LogP contribution in [0.2, 0.25) is 0 Å². The van der Waals surface area contributed by atoms with E-state index < -0.39 is 33.3 Å². The van der Waals surface area contributed by atoms with Crippen LogP contribution in [0.15, 0.2) is 53.4 Å². The first-order chi connectivity index (χ1) is 12.3. The first kappa shape index (κ1) is 18.5. The van der Waals surface area contributed by atoms with Gasteiger partial charge in [0.25, 0.3) is 0 Å². The number of hydrogen-bond acceptors (Lipinski definition) is 6. The standard InChI is InChI=1S/C17H18N2O6S/c1-11-3-9-14(10-4-11)26(23,24)18-15(16(18)17(20)25-2)12-5-7-13(8-6-12)19(21)22/h3-10,15-16,19,21H,1-2H3/t15-,16-,18?/m1/s1. The molecule has 0 aliphatic carbocycles. The van der Waals surface area contributed by atoms with E-state index in [4.69, 9.17) is 9.94 Å². The van der Waals surface area contributed by atoms with Gasteiger partial charge in [-0.1, -0.05) is 29.8 Å². The van der Waals surface area contributed by atoms with Gasteiger partial charge in [-0.2, -0.15) is 9.53 Å². The number of nitrogens with one attached hydrogen (secondary N) is 1. The van der Waals surface area contributed by atoms with Gasteiger partial charge in [-0.05, 0) is 24.6 Å². The number of ether oxygens (including phenoxy) is 1. The lowest BCUT2D eigenvalue weighted by molar-refractivity contribution is -0.991. The molecule has 0 radical (unpaired) electrons. The maximum atomic E-state index is 12.9. The number of carbonyl (C=O) groups excluding carboxylic acids is 1. The lowest BCUT2D eigenvalue weighted by atomic mass is 10.1. The van der Waals surface area contributed by atoms with Gasteiger partial charge in [-0.3, -0.25) is 4.79 Å². The van der Waals surface area contributed by atoms with Gasteiger partial charge in [0.1, 0.15) is 6.04 Å². The zero-order valence-corrected chi connectivity index (χ0v) is 14.9. The minimum atomic E-state index is -3.89. The molecule has 0 bridgehead atoms. The Morgan fingerprint density at radius 2 is 1.73 bits per heavy atom. The molecule has 1 aliphatic heterocycles. The molecule has 3 rings (SSSR count). The Balaban J connectivity index is 1.96. The SMILES string of the molecule is COC(=O)[C@H]1[C@@H](c2ccc([NH+]([O-])O)cc2)N1S(=O)(=O)c1ccc(C)cc1. The molecule has 9 heteroatoms. The smallest absolute Gasteiger partial charge is 0.326 e. The molecule has 2 unspecified atom stereocenters. The Morgan fingerprint density at radius 3 is 2.23 bits per heavy atom. The third-order valence-electron chi connectivity index (χ3n) is 4.30. The summed E-state index contributed by atoms with van der Waals surface area (Å²) in [6.45, 7) is 1.85. The summed E-state index contributed by atoms with van der Waals surface area (Å²) in [4.78, 5) is 12.1. The Bertz CT molecular complexity index is 909. The Hall–Kier alpha value is -2.30. The largest absolute Gasteiger partial charge is 0.595 e. The molecule has 0 saturated carbocycles. The Morgan fingerprint density at radius 1 is 1.15 bits per heavy atom. The topological polar surface area (TPSA) is 111 Å². The van der Waals surface area contributed by atoms with Crippen LogP contribution < -0.4 is 5.23 Å². The van der Waals surface area contributed by atoms with E-state index in [1.807, 2.05) is 6.92 Å². The lowest BCUT2D eigenvalue weighted by Gasteiger charge is -2.11. The fraction of sp³-hybridized carbons (Fsp3) is 0.235. The molecule has 1 aliphatic rings. The van der Waals surface area contributed by atoms with Gasteiger partial charge in [-0.25, -0.2) is 13.6 Å². The highest BCUT2D eigenvalue weighted by molar-refractivity contribution is 7.89. The highest BCUT2D eigenvalue weighted by Gasteiger charge is 2.61. The summed E-state index contributed by atoms with van der Waals surface area (Å²) in [6.07, 6.45) is 0. The summed E-state index contributed by atoms with van der Waals surface area (Å²) in [5.74, 6) is -0.659.